The highest BCUT2D eigenvalue weighted by atomic mass is 19.4. The van der Waals surface area contributed by atoms with Crippen molar-refractivity contribution in [2.45, 2.75) is 75.5 Å². The maximum atomic E-state index is 13.0. The molecule has 3 aliphatic rings. The third-order valence-corrected chi connectivity index (χ3v) is 6.31. The Kier molecular flexibility index (Phi) is 6.09. The Labute approximate surface area is 143 Å². The van der Waals surface area contributed by atoms with E-state index in [0.29, 0.717) is 12.8 Å². The van der Waals surface area contributed by atoms with Gasteiger partial charge in [0.2, 0.25) is 0 Å². The first-order chi connectivity index (χ1) is 11.5. The number of hydrogen-bond donors (Lipinski definition) is 1. The molecule has 2 heterocycles. The number of likely N-dealkylation sites (tertiary alicyclic amines) is 1. The molecule has 2 saturated heterocycles. The third kappa shape index (κ3) is 4.44. The molecule has 0 aromatic rings. The SMILES string of the molecule is FC(F)(F)[C@@H]1CCC[C@@H](NCC2(N3CCCCC3)CCOCC2)C1. The number of nitrogens with one attached hydrogen (secondary N) is 1. The van der Waals surface area contributed by atoms with E-state index < -0.39 is 12.1 Å². The lowest BCUT2D eigenvalue weighted by molar-refractivity contribution is -0.183. The number of ether oxygens (including phenoxy) is 1. The van der Waals surface area contributed by atoms with Crippen LogP contribution in [0, 0.1) is 5.92 Å². The Balaban J connectivity index is 1.59. The molecule has 3 fully saturated rings. The predicted octanol–water partition coefficient (Wildman–Crippen LogP) is 3.73. The summed E-state index contributed by atoms with van der Waals surface area (Å²) in [5, 5.41) is 3.53. The second-order valence-electron chi connectivity index (χ2n) is 7.87. The van der Waals surface area contributed by atoms with Gasteiger partial charge < -0.3 is 10.1 Å². The number of rotatable bonds is 4. The highest BCUT2D eigenvalue weighted by Crippen LogP contribution is 2.38. The van der Waals surface area contributed by atoms with Crippen molar-refractivity contribution in [2.24, 2.45) is 5.92 Å². The van der Waals surface area contributed by atoms with Crippen molar-refractivity contribution in [3.8, 4) is 0 Å². The van der Waals surface area contributed by atoms with Crippen LogP contribution in [-0.2, 0) is 4.74 Å². The smallest absolute Gasteiger partial charge is 0.381 e. The van der Waals surface area contributed by atoms with Gasteiger partial charge in [-0.1, -0.05) is 12.8 Å². The lowest BCUT2D eigenvalue weighted by atomic mass is 9.83. The minimum Gasteiger partial charge on any atom is -0.381 e. The van der Waals surface area contributed by atoms with Crippen molar-refractivity contribution in [3.05, 3.63) is 0 Å². The monoisotopic (exact) mass is 348 g/mol. The lowest BCUT2D eigenvalue weighted by Gasteiger charge is -2.49. The van der Waals surface area contributed by atoms with Crippen LogP contribution in [0.25, 0.3) is 0 Å². The molecule has 0 spiro atoms. The van der Waals surface area contributed by atoms with E-state index in [4.69, 9.17) is 4.74 Å². The van der Waals surface area contributed by atoms with Crippen LogP contribution in [0.1, 0.15) is 57.8 Å². The van der Waals surface area contributed by atoms with Crippen molar-refractivity contribution in [2.75, 3.05) is 32.8 Å². The molecule has 140 valence electrons. The van der Waals surface area contributed by atoms with Gasteiger partial charge in [-0.3, -0.25) is 4.90 Å². The van der Waals surface area contributed by atoms with Crippen molar-refractivity contribution in [1.82, 2.24) is 10.2 Å². The molecular formula is C18H31F3N2O. The molecule has 2 atom stereocenters. The molecule has 3 rings (SSSR count). The summed E-state index contributed by atoms with van der Waals surface area (Å²) in [7, 11) is 0. The largest absolute Gasteiger partial charge is 0.391 e. The minimum atomic E-state index is -4.04. The molecule has 3 nitrogen and oxygen atoms in total. The zero-order valence-corrected chi connectivity index (χ0v) is 14.5. The molecule has 0 amide bonds. The number of halogens is 3. The van der Waals surface area contributed by atoms with Crippen LogP contribution in [0.15, 0.2) is 0 Å². The van der Waals surface area contributed by atoms with Crippen molar-refractivity contribution < 1.29 is 17.9 Å². The van der Waals surface area contributed by atoms with Gasteiger partial charge in [0.25, 0.3) is 0 Å². The average Bonchev–Trinajstić information content (AvgIpc) is 2.61. The first-order valence-corrected chi connectivity index (χ1v) is 9.62. The van der Waals surface area contributed by atoms with E-state index >= 15 is 0 Å². The molecule has 0 unspecified atom stereocenters. The van der Waals surface area contributed by atoms with Crippen LogP contribution < -0.4 is 5.32 Å². The molecular weight excluding hydrogens is 317 g/mol. The van der Waals surface area contributed by atoms with Gasteiger partial charge in [0.1, 0.15) is 0 Å². The van der Waals surface area contributed by atoms with E-state index in [-0.39, 0.29) is 18.0 Å². The Hall–Kier alpha value is -0.330. The maximum absolute atomic E-state index is 13.0. The fraction of sp³-hybridized carbons (Fsp3) is 1.00. The quantitative estimate of drug-likeness (QED) is 0.838. The van der Waals surface area contributed by atoms with Crippen LogP contribution >= 0.6 is 0 Å². The molecule has 0 aromatic carbocycles. The summed E-state index contributed by atoms with van der Waals surface area (Å²) < 4.78 is 44.6. The minimum absolute atomic E-state index is 0.00915. The van der Waals surface area contributed by atoms with Crippen molar-refractivity contribution in [3.63, 3.8) is 0 Å². The topological polar surface area (TPSA) is 24.5 Å². The van der Waals surface area contributed by atoms with E-state index in [0.717, 1.165) is 52.1 Å². The summed E-state index contributed by atoms with van der Waals surface area (Å²) in [4.78, 5) is 2.59. The normalized spacial score (nSPS) is 32.6. The average molecular weight is 348 g/mol. The summed E-state index contributed by atoms with van der Waals surface area (Å²) in [5.41, 5.74) is 0.0871. The molecule has 0 radical (unpaired) electrons. The standard InChI is InChI=1S/C18H31F3N2O/c19-18(20,21)15-5-4-6-16(13-15)22-14-17(7-11-24-12-8-17)23-9-2-1-3-10-23/h15-16,22H,1-14H2/t15-,16-/m1/s1. The lowest BCUT2D eigenvalue weighted by Crippen LogP contribution is -2.60. The highest BCUT2D eigenvalue weighted by molar-refractivity contribution is 4.97. The Morgan fingerprint density at radius 1 is 1.00 bits per heavy atom. The Morgan fingerprint density at radius 2 is 1.71 bits per heavy atom. The number of piperidine rings is 1. The number of hydrogen-bond acceptors (Lipinski definition) is 3. The van der Waals surface area contributed by atoms with E-state index in [1.165, 1.54) is 19.3 Å². The molecule has 0 aromatic heterocycles. The van der Waals surface area contributed by atoms with Gasteiger partial charge in [-0.25, -0.2) is 0 Å². The fourth-order valence-corrected chi connectivity index (χ4v) is 4.73. The maximum Gasteiger partial charge on any atom is 0.391 e. The van der Waals surface area contributed by atoms with E-state index in [1.54, 1.807) is 0 Å². The predicted molar refractivity (Wildman–Crippen MR) is 88.0 cm³/mol. The Morgan fingerprint density at radius 3 is 2.38 bits per heavy atom. The van der Waals surface area contributed by atoms with Crippen LogP contribution in [0.4, 0.5) is 13.2 Å². The van der Waals surface area contributed by atoms with E-state index in [2.05, 4.69) is 10.2 Å². The molecule has 1 saturated carbocycles. The second kappa shape index (κ2) is 7.92. The first kappa shape index (κ1) is 18.5. The molecule has 6 heteroatoms. The third-order valence-electron chi connectivity index (χ3n) is 6.31. The van der Waals surface area contributed by atoms with Gasteiger partial charge in [0.05, 0.1) is 5.92 Å². The summed E-state index contributed by atoms with van der Waals surface area (Å²) in [6.07, 6.45) is 3.83. The summed E-state index contributed by atoms with van der Waals surface area (Å²) >= 11 is 0. The van der Waals surface area contributed by atoms with Crippen LogP contribution in [0.2, 0.25) is 0 Å². The van der Waals surface area contributed by atoms with E-state index in [9.17, 15) is 13.2 Å². The molecule has 1 N–H and O–H groups in total. The van der Waals surface area contributed by atoms with Crippen molar-refractivity contribution in [1.29, 1.82) is 0 Å². The zero-order chi connectivity index (χ0) is 17.0. The highest BCUT2D eigenvalue weighted by Gasteiger charge is 2.43. The second-order valence-corrected chi connectivity index (χ2v) is 7.87. The zero-order valence-electron chi connectivity index (χ0n) is 14.5. The Bertz CT molecular complexity index is 390. The number of nitrogens with zero attached hydrogens (tertiary/aromatic N) is 1. The van der Waals surface area contributed by atoms with Crippen molar-refractivity contribution >= 4 is 0 Å². The van der Waals surface area contributed by atoms with Gasteiger partial charge in [0.15, 0.2) is 0 Å². The first-order valence-electron chi connectivity index (χ1n) is 9.62. The molecule has 24 heavy (non-hydrogen) atoms. The van der Waals surface area contributed by atoms with Gasteiger partial charge >= 0.3 is 6.18 Å². The molecule has 2 aliphatic heterocycles. The van der Waals surface area contributed by atoms with Crippen LogP contribution in [0.5, 0.6) is 0 Å². The summed E-state index contributed by atoms with van der Waals surface area (Å²) in [6, 6.07) is 0.00915. The fourth-order valence-electron chi connectivity index (χ4n) is 4.73. The molecule has 0 bridgehead atoms. The summed E-state index contributed by atoms with van der Waals surface area (Å²) in [6.45, 7) is 4.60. The van der Waals surface area contributed by atoms with Gasteiger partial charge in [-0.05, 0) is 58.0 Å². The van der Waals surface area contributed by atoms with Gasteiger partial charge in [-0.2, -0.15) is 13.2 Å². The summed E-state index contributed by atoms with van der Waals surface area (Å²) in [5.74, 6) is -1.12. The van der Waals surface area contributed by atoms with Crippen LogP contribution in [-0.4, -0.2) is 55.5 Å². The molecule has 1 aliphatic carbocycles. The van der Waals surface area contributed by atoms with Gasteiger partial charge in [-0.15, -0.1) is 0 Å². The van der Waals surface area contributed by atoms with E-state index in [1.807, 2.05) is 0 Å². The van der Waals surface area contributed by atoms with Crippen LogP contribution in [0.3, 0.4) is 0 Å². The van der Waals surface area contributed by atoms with Gasteiger partial charge in [0, 0.05) is 31.3 Å². The number of alkyl halides is 3.